The summed E-state index contributed by atoms with van der Waals surface area (Å²) in [5.74, 6) is 0.776. The van der Waals surface area contributed by atoms with Crippen molar-refractivity contribution in [3.05, 3.63) is 65.7 Å². The summed E-state index contributed by atoms with van der Waals surface area (Å²) >= 11 is 1.71. The number of carbonyl (C=O) groups is 1. The quantitative estimate of drug-likeness (QED) is 0.114. The van der Waals surface area contributed by atoms with Gasteiger partial charge in [-0.15, -0.1) is 11.8 Å². The zero-order valence-corrected chi connectivity index (χ0v) is 20.1. The second-order valence-corrected chi connectivity index (χ2v) is 8.91. The van der Waals surface area contributed by atoms with Crippen LogP contribution >= 0.6 is 11.8 Å². The lowest BCUT2D eigenvalue weighted by Crippen LogP contribution is -1.99. The van der Waals surface area contributed by atoms with Gasteiger partial charge >= 0.3 is 0 Å². The second-order valence-electron chi connectivity index (χ2n) is 8.03. The van der Waals surface area contributed by atoms with E-state index in [-0.39, 0.29) is 5.78 Å². The number of benzene rings is 2. The van der Waals surface area contributed by atoms with E-state index in [4.69, 9.17) is 4.74 Å². The van der Waals surface area contributed by atoms with Gasteiger partial charge in [-0.05, 0) is 48.6 Å². The van der Waals surface area contributed by atoms with Crippen molar-refractivity contribution in [2.24, 2.45) is 0 Å². The average Bonchev–Trinajstić information content (AvgIpc) is 2.81. The summed E-state index contributed by atoms with van der Waals surface area (Å²) in [4.78, 5) is 13.7. The molecule has 0 fully saturated rings. The van der Waals surface area contributed by atoms with E-state index in [9.17, 15) is 4.79 Å². The van der Waals surface area contributed by atoms with Crippen LogP contribution in [-0.4, -0.2) is 18.6 Å². The van der Waals surface area contributed by atoms with Crippen LogP contribution in [0.25, 0.3) is 6.08 Å². The molecule has 0 saturated carbocycles. The first-order chi connectivity index (χ1) is 15.2. The zero-order chi connectivity index (χ0) is 22.2. The van der Waals surface area contributed by atoms with Gasteiger partial charge in [0.2, 0.25) is 0 Å². The normalized spacial score (nSPS) is 11.2. The third kappa shape index (κ3) is 10.7. The van der Waals surface area contributed by atoms with Gasteiger partial charge in [-0.1, -0.05) is 95.1 Å². The molecule has 2 aromatic carbocycles. The van der Waals surface area contributed by atoms with E-state index in [1.807, 2.05) is 42.5 Å². The van der Waals surface area contributed by atoms with Crippen molar-refractivity contribution < 1.29 is 9.53 Å². The third-order valence-electron chi connectivity index (χ3n) is 5.43. The van der Waals surface area contributed by atoms with Gasteiger partial charge in [0.25, 0.3) is 0 Å². The molecule has 0 N–H and O–H groups in total. The molecule has 3 heteroatoms. The van der Waals surface area contributed by atoms with E-state index in [1.54, 1.807) is 17.8 Å². The molecule has 0 amide bonds. The van der Waals surface area contributed by atoms with Crippen molar-refractivity contribution in [3.63, 3.8) is 0 Å². The molecule has 0 bridgehead atoms. The van der Waals surface area contributed by atoms with Crippen LogP contribution in [0.15, 0.2) is 59.5 Å². The largest absolute Gasteiger partial charge is 0.494 e. The van der Waals surface area contributed by atoms with Gasteiger partial charge in [0.05, 0.1) is 6.61 Å². The molecule has 0 aliphatic carbocycles. The Morgan fingerprint density at radius 1 is 0.871 bits per heavy atom. The van der Waals surface area contributed by atoms with E-state index in [0.717, 1.165) is 17.7 Å². The predicted octanol–water partition coefficient (Wildman–Crippen LogP) is 8.60. The van der Waals surface area contributed by atoms with E-state index in [2.05, 4.69) is 25.3 Å². The Balaban J connectivity index is 1.65. The fourth-order valence-corrected chi connectivity index (χ4v) is 3.91. The summed E-state index contributed by atoms with van der Waals surface area (Å²) in [6.45, 7) is 2.98. The molecular formula is C28H38O2S. The minimum absolute atomic E-state index is 0.00155. The van der Waals surface area contributed by atoms with E-state index < -0.39 is 0 Å². The Morgan fingerprint density at radius 3 is 2.16 bits per heavy atom. The highest BCUT2D eigenvalue weighted by Gasteiger charge is 2.04. The number of carbonyl (C=O) groups excluding carboxylic acids is 1. The van der Waals surface area contributed by atoms with Crippen molar-refractivity contribution in [2.45, 2.75) is 76.0 Å². The van der Waals surface area contributed by atoms with E-state index >= 15 is 0 Å². The van der Waals surface area contributed by atoms with Crippen LogP contribution < -0.4 is 4.74 Å². The molecule has 0 spiro atoms. The van der Waals surface area contributed by atoms with Crippen molar-refractivity contribution in [2.75, 3.05) is 12.9 Å². The van der Waals surface area contributed by atoms with Gasteiger partial charge in [-0.25, -0.2) is 0 Å². The van der Waals surface area contributed by atoms with E-state index in [0.29, 0.717) is 12.2 Å². The minimum atomic E-state index is -0.00155. The summed E-state index contributed by atoms with van der Waals surface area (Å²) in [6, 6.07) is 15.7. The molecule has 0 aromatic heterocycles. The number of allylic oxidation sites excluding steroid dienone is 1. The maximum atomic E-state index is 12.5. The first-order valence-corrected chi connectivity index (χ1v) is 13.0. The van der Waals surface area contributed by atoms with Crippen LogP contribution in [0.1, 0.15) is 87.1 Å². The molecule has 0 atom stereocenters. The van der Waals surface area contributed by atoms with Crippen molar-refractivity contribution in [1.82, 2.24) is 0 Å². The van der Waals surface area contributed by atoms with Crippen LogP contribution in [0.2, 0.25) is 0 Å². The fourth-order valence-electron chi connectivity index (χ4n) is 3.50. The van der Waals surface area contributed by atoms with Gasteiger partial charge in [0.15, 0.2) is 5.78 Å². The third-order valence-corrected chi connectivity index (χ3v) is 6.17. The SMILES string of the molecule is CCCCCCCCCCCCOc1cccc(C(=O)C=Cc2ccc(SC)cc2)c1. The number of ether oxygens (including phenoxy) is 1. The van der Waals surface area contributed by atoms with Gasteiger partial charge < -0.3 is 4.74 Å². The van der Waals surface area contributed by atoms with Gasteiger partial charge in [-0.3, -0.25) is 4.79 Å². The maximum absolute atomic E-state index is 12.5. The maximum Gasteiger partial charge on any atom is 0.185 e. The first-order valence-electron chi connectivity index (χ1n) is 11.8. The number of unbranched alkanes of at least 4 members (excludes halogenated alkanes) is 9. The molecule has 0 saturated heterocycles. The lowest BCUT2D eigenvalue weighted by atomic mass is 10.1. The number of hydrogen-bond acceptors (Lipinski definition) is 3. The Hall–Kier alpha value is -2.00. The van der Waals surface area contributed by atoms with E-state index in [1.165, 1.54) is 62.7 Å². The van der Waals surface area contributed by atoms with Crippen molar-refractivity contribution >= 4 is 23.6 Å². The topological polar surface area (TPSA) is 26.3 Å². The Morgan fingerprint density at radius 2 is 1.52 bits per heavy atom. The van der Waals surface area contributed by atoms with Crippen LogP contribution in [0.5, 0.6) is 5.75 Å². The van der Waals surface area contributed by atoms with Gasteiger partial charge in [0.1, 0.15) is 5.75 Å². The molecule has 31 heavy (non-hydrogen) atoms. The summed E-state index contributed by atoms with van der Waals surface area (Å²) < 4.78 is 5.88. The predicted molar refractivity (Wildman–Crippen MR) is 135 cm³/mol. The highest BCUT2D eigenvalue weighted by Crippen LogP contribution is 2.18. The van der Waals surface area contributed by atoms with Crippen LogP contribution in [0.4, 0.5) is 0 Å². The minimum Gasteiger partial charge on any atom is -0.494 e. The molecule has 168 valence electrons. The fraction of sp³-hybridized carbons (Fsp3) is 0.464. The standard InChI is InChI=1S/C28H38O2S/c1-3-4-5-6-7-8-9-10-11-12-22-30-26-15-13-14-25(23-26)28(29)21-18-24-16-19-27(31-2)20-17-24/h13-21,23H,3-12,22H2,1-2H3. The lowest BCUT2D eigenvalue weighted by Gasteiger charge is -2.07. The van der Waals surface area contributed by atoms with Crippen LogP contribution in [0, 0.1) is 0 Å². The molecule has 0 aliphatic rings. The van der Waals surface area contributed by atoms with Crippen molar-refractivity contribution in [3.8, 4) is 5.75 Å². The average molecular weight is 439 g/mol. The lowest BCUT2D eigenvalue weighted by molar-refractivity contribution is 0.104. The number of rotatable bonds is 16. The second kappa shape index (κ2) is 15.8. The molecule has 0 unspecified atom stereocenters. The summed E-state index contributed by atoms with van der Waals surface area (Å²) in [5, 5.41) is 0. The number of hydrogen-bond donors (Lipinski definition) is 0. The first kappa shape index (κ1) is 25.3. The number of thioether (sulfide) groups is 1. The molecule has 0 heterocycles. The summed E-state index contributed by atoms with van der Waals surface area (Å²) in [6.07, 6.45) is 18.7. The molecule has 2 rings (SSSR count). The number of ketones is 1. The van der Waals surface area contributed by atoms with Crippen molar-refractivity contribution in [1.29, 1.82) is 0 Å². The zero-order valence-electron chi connectivity index (χ0n) is 19.3. The summed E-state index contributed by atoms with van der Waals surface area (Å²) in [7, 11) is 0. The van der Waals surface area contributed by atoms with Crippen LogP contribution in [0.3, 0.4) is 0 Å². The van der Waals surface area contributed by atoms with Gasteiger partial charge in [-0.2, -0.15) is 0 Å². The Bertz CT molecular complexity index is 780. The van der Waals surface area contributed by atoms with Crippen LogP contribution in [-0.2, 0) is 0 Å². The molecule has 0 aliphatic heterocycles. The smallest absolute Gasteiger partial charge is 0.185 e. The highest BCUT2D eigenvalue weighted by atomic mass is 32.2. The Labute approximate surface area is 193 Å². The molecular weight excluding hydrogens is 400 g/mol. The molecule has 0 radical (unpaired) electrons. The monoisotopic (exact) mass is 438 g/mol. The highest BCUT2D eigenvalue weighted by molar-refractivity contribution is 7.98. The Kier molecular flexibility index (Phi) is 12.8. The molecule has 2 nitrogen and oxygen atoms in total. The summed E-state index contributed by atoms with van der Waals surface area (Å²) in [5.41, 5.74) is 1.69. The van der Waals surface area contributed by atoms with Gasteiger partial charge in [0, 0.05) is 10.5 Å². The molecule has 2 aromatic rings.